The van der Waals surface area contributed by atoms with Gasteiger partial charge < -0.3 is 9.64 Å². The highest BCUT2D eigenvalue weighted by Gasteiger charge is 2.25. The Morgan fingerprint density at radius 1 is 1.42 bits per heavy atom. The van der Waals surface area contributed by atoms with Crippen molar-refractivity contribution in [1.82, 2.24) is 13.6 Å². The molecule has 1 fully saturated rings. The maximum absolute atomic E-state index is 5.78. The van der Waals surface area contributed by atoms with Gasteiger partial charge in [0, 0.05) is 12.5 Å². The summed E-state index contributed by atoms with van der Waals surface area (Å²) >= 11 is 1.27. The average molecular weight is 281 g/mol. The largest absolute Gasteiger partial charge is 0.475 e. The van der Waals surface area contributed by atoms with Gasteiger partial charge in [0.1, 0.15) is 5.69 Å². The Bertz CT molecular complexity index is 405. The Balaban J connectivity index is 1.88. The zero-order chi connectivity index (χ0) is 13.5. The summed E-state index contributed by atoms with van der Waals surface area (Å²) in [7, 11) is 2.17. The minimum Gasteiger partial charge on any atom is -0.475 e. The fraction of sp³-hybridized carbons (Fsp3) is 0.714. The third-order valence-electron chi connectivity index (χ3n) is 3.42. The standard InChI is InChI=1S/C14H23N3OS/c1-3-4-5-6-10-18-14-13(15-19-16-14)12-8-7-9-17(2)11-12/h4-5,12H,3,6-11H2,1-2H3. The van der Waals surface area contributed by atoms with Crippen LogP contribution in [0, 0.1) is 0 Å². The molecular weight excluding hydrogens is 258 g/mol. The Morgan fingerprint density at radius 2 is 2.32 bits per heavy atom. The van der Waals surface area contributed by atoms with Crippen LogP contribution in [0.3, 0.4) is 0 Å². The number of hydrogen-bond acceptors (Lipinski definition) is 5. The summed E-state index contributed by atoms with van der Waals surface area (Å²) in [5.74, 6) is 1.24. The van der Waals surface area contributed by atoms with Gasteiger partial charge in [-0.15, -0.1) is 4.37 Å². The quantitative estimate of drug-likeness (QED) is 0.593. The van der Waals surface area contributed by atoms with Crippen LogP contribution in [0.25, 0.3) is 0 Å². The van der Waals surface area contributed by atoms with E-state index in [4.69, 9.17) is 4.74 Å². The monoisotopic (exact) mass is 281 g/mol. The van der Waals surface area contributed by atoms with Crippen molar-refractivity contribution < 1.29 is 4.74 Å². The first-order valence-electron chi connectivity index (χ1n) is 7.10. The number of rotatable bonds is 6. The lowest BCUT2D eigenvalue weighted by molar-refractivity contribution is 0.241. The molecule has 1 unspecified atom stereocenters. The van der Waals surface area contributed by atoms with E-state index in [1.165, 1.54) is 31.1 Å². The summed E-state index contributed by atoms with van der Waals surface area (Å²) in [5, 5.41) is 0. The van der Waals surface area contributed by atoms with Crippen LogP contribution in [0.2, 0.25) is 0 Å². The van der Waals surface area contributed by atoms with E-state index in [-0.39, 0.29) is 0 Å². The zero-order valence-electron chi connectivity index (χ0n) is 11.8. The molecule has 1 atom stereocenters. The van der Waals surface area contributed by atoms with E-state index in [2.05, 4.69) is 39.8 Å². The molecule has 0 aromatic carbocycles. The number of ether oxygens (including phenoxy) is 1. The third-order valence-corrected chi connectivity index (χ3v) is 3.94. The van der Waals surface area contributed by atoms with Gasteiger partial charge in [-0.3, -0.25) is 0 Å². The third kappa shape index (κ3) is 4.28. The molecule has 0 radical (unpaired) electrons. The number of aromatic nitrogens is 2. The van der Waals surface area contributed by atoms with Crippen LogP contribution in [-0.4, -0.2) is 40.4 Å². The summed E-state index contributed by atoms with van der Waals surface area (Å²) in [6, 6.07) is 0. The van der Waals surface area contributed by atoms with Crippen molar-refractivity contribution in [2.24, 2.45) is 0 Å². The van der Waals surface area contributed by atoms with Gasteiger partial charge in [0.2, 0.25) is 5.88 Å². The Kier molecular flexibility index (Phi) is 5.79. The van der Waals surface area contributed by atoms with Gasteiger partial charge in [0.25, 0.3) is 0 Å². The minimum absolute atomic E-state index is 0.485. The second kappa shape index (κ2) is 7.60. The van der Waals surface area contributed by atoms with E-state index < -0.39 is 0 Å². The molecule has 1 saturated heterocycles. The van der Waals surface area contributed by atoms with E-state index in [1.54, 1.807) is 0 Å². The normalized spacial score (nSPS) is 21.1. The molecule has 1 aliphatic rings. The van der Waals surface area contributed by atoms with E-state index in [1.807, 2.05) is 0 Å². The summed E-state index contributed by atoms with van der Waals surface area (Å²) in [6.07, 6.45) is 8.78. The lowest BCUT2D eigenvalue weighted by Gasteiger charge is -2.28. The molecule has 2 rings (SSSR count). The molecule has 0 bridgehead atoms. The van der Waals surface area contributed by atoms with Crippen molar-refractivity contribution in [1.29, 1.82) is 0 Å². The van der Waals surface area contributed by atoms with Crippen LogP contribution in [0.1, 0.15) is 44.2 Å². The highest BCUT2D eigenvalue weighted by atomic mass is 32.1. The number of likely N-dealkylation sites (N-methyl/N-ethyl adjacent to an activating group) is 1. The predicted octanol–water partition coefficient (Wildman–Crippen LogP) is 3.08. The Morgan fingerprint density at radius 3 is 3.11 bits per heavy atom. The second-order valence-electron chi connectivity index (χ2n) is 5.07. The molecule has 0 amide bonds. The van der Waals surface area contributed by atoms with Gasteiger partial charge >= 0.3 is 0 Å². The summed E-state index contributed by atoms with van der Waals surface area (Å²) in [6.45, 7) is 5.08. The molecule has 2 heterocycles. The van der Waals surface area contributed by atoms with Crippen molar-refractivity contribution in [2.45, 2.75) is 38.5 Å². The fourth-order valence-corrected chi connectivity index (χ4v) is 3.01. The van der Waals surface area contributed by atoms with Gasteiger partial charge in [-0.1, -0.05) is 19.1 Å². The molecule has 106 valence electrons. The van der Waals surface area contributed by atoms with Crippen LogP contribution in [0.4, 0.5) is 0 Å². The highest BCUT2D eigenvalue weighted by Crippen LogP contribution is 2.31. The molecule has 1 aromatic rings. The van der Waals surface area contributed by atoms with Crippen LogP contribution in [0.5, 0.6) is 5.88 Å². The van der Waals surface area contributed by atoms with Gasteiger partial charge in [-0.2, -0.15) is 4.37 Å². The number of piperidine rings is 1. The first kappa shape index (κ1) is 14.5. The van der Waals surface area contributed by atoms with Gasteiger partial charge in [0.05, 0.1) is 18.3 Å². The number of allylic oxidation sites excluding steroid dienone is 1. The number of nitrogens with zero attached hydrogens (tertiary/aromatic N) is 3. The summed E-state index contributed by atoms with van der Waals surface area (Å²) < 4.78 is 14.5. The van der Waals surface area contributed by atoms with Crippen LogP contribution in [-0.2, 0) is 0 Å². The molecule has 1 aliphatic heterocycles. The van der Waals surface area contributed by atoms with Crippen LogP contribution in [0.15, 0.2) is 12.2 Å². The molecule has 0 spiro atoms. The number of likely N-dealkylation sites (tertiary alicyclic amines) is 1. The van der Waals surface area contributed by atoms with Crippen molar-refractivity contribution >= 4 is 11.7 Å². The van der Waals surface area contributed by atoms with E-state index in [0.29, 0.717) is 12.5 Å². The van der Waals surface area contributed by atoms with Gasteiger partial charge in [-0.05, 0) is 39.3 Å². The lowest BCUT2D eigenvalue weighted by Crippen LogP contribution is -2.31. The van der Waals surface area contributed by atoms with E-state index in [0.717, 1.165) is 31.0 Å². The van der Waals surface area contributed by atoms with Crippen molar-refractivity contribution in [3.63, 3.8) is 0 Å². The van der Waals surface area contributed by atoms with Gasteiger partial charge in [0.15, 0.2) is 0 Å². The Labute approximate surface area is 119 Å². The molecule has 1 aromatic heterocycles. The molecule has 19 heavy (non-hydrogen) atoms. The van der Waals surface area contributed by atoms with E-state index >= 15 is 0 Å². The average Bonchev–Trinajstić information content (AvgIpc) is 2.87. The number of hydrogen-bond donors (Lipinski definition) is 0. The summed E-state index contributed by atoms with van der Waals surface area (Å²) in [4.78, 5) is 2.36. The van der Waals surface area contributed by atoms with Gasteiger partial charge in [-0.25, -0.2) is 0 Å². The second-order valence-corrected chi connectivity index (χ2v) is 5.60. The first-order valence-corrected chi connectivity index (χ1v) is 7.83. The van der Waals surface area contributed by atoms with E-state index in [9.17, 15) is 0 Å². The molecule has 0 N–H and O–H groups in total. The van der Waals surface area contributed by atoms with Crippen LogP contribution < -0.4 is 4.74 Å². The topological polar surface area (TPSA) is 38.3 Å². The SMILES string of the molecule is CCC=CCCOc1nsnc1C1CCCN(C)C1. The smallest absolute Gasteiger partial charge is 0.249 e. The molecule has 5 heteroatoms. The van der Waals surface area contributed by atoms with Crippen molar-refractivity contribution in [3.05, 3.63) is 17.8 Å². The summed E-state index contributed by atoms with van der Waals surface area (Å²) in [5.41, 5.74) is 1.07. The first-order chi connectivity index (χ1) is 9.31. The van der Waals surface area contributed by atoms with Crippen molar-refractivity contribution in [2.75, 3.05) is 26.7 Å². The Hall–Kier alpha value is -0.940. The molecule has 0 saturated carbocycles. The predicted molar refractivity (Wildman–Crippen MR) is 78.9 cm³/mol. The zero-order valence-corrected chi connectivity index (χ0v) is 12.7. The van der Waals surface area contributed by atoms with Crippen LogP contribution >= 0.6 is 11.7 Å². The lowest BCUT2D eigenvalue weighted by atomic mass is 9.95. The minimum atomic E-state index is 0.485. The highest BCUT2D eigenvalue weighted by molar-refractivity contribution is 6.99. The molecule has 4 nitrogen and oxygen atoms in total. The maximum Gasteiger partial charge on any atom is 0.249 e. The molecule has 0 aliphatic carbocycles. The fourth-order valence-electron chi connectivity index (χ4n) is 2.43. The maximum atomic E-state index is 5.78. The van der Waals surface area contributed by atoms with Crippen molar-refractivity contribution in [3.8, 4) is 5.88 Å². The molecular formula is C14H23N3OS.